The Morgan fingerprint density at radius 1 is 0.950 bits per heavy atom. The number of nitrogens with zero attached hydrogens (tertiary/aromatic N) is 1. The fourth-order valence-electron chi connectivity index (χ4n) is 3.47. The fourth-order valence-corrected chi connectivity index (χ4v) is 4.86. The van der Waals surface area contributed by atoms with Gasteiger partial charge in [0.05, 0.1) is 17.0 Å². The normalized spacial score (nSPS) is 13.9. The second-order valence-corrected chi connectivity index (χ2v) is 10.9. The number of hydrogen-bond donors (Lipinski definition) is 2. The largest absolute Gasteiger partial charge is 0.493 e. The summed E-state index contributed by atoms with van der Waals surface area (Å²) >= 11 is 15.9. The van der Waals surface area contributed by atoms with E-state index in [0.717, 1.165) is 16.7 Å². The van der Waals surface area contributed by atoms with Crippen LogP contribution in [0.1, 0.15) is 5.56 Å². The summed E-state index contributed by atoms with van der Waals surface area (Å²) < 4.78 is 11.7. The van der Waals surface area contributed by atoms with E-state index in [1.807, 2.05) is 0 Å². The lowest BCUT2D eigenvalue weighted by molar-refractivity contribution is -0.127. The molecule has 0 bridgehead atoms. The van der Waals surface area contributed by atoms with Gasteiger partial charge < -0.3 is 20.1 Å². The average Bonchev–Trinajstić information content (AvgIpc) is 3.18. The Labute approximate surface area is 251 Å². The first-order chi connectivity index (χ1) is 19.1. The minimum atomic E-state index is -0.592. The van der Waals surface area contributed by atoms with Crippen molar-refractivity contribution in [3.8, 4) is 11.5 Å². The Hall–Kier alpha value is -3.51. The lowest BCUT2D eigenvalue weighted by atomic mass is 10.2. The van der Waals surface area contributed by atoms with E-state index in [-0.39, 0.29) is 11.5 Å². The van der Waals surface area contributed by atoms with E-state index in [4.69, 9.17) is 32.7 Å². The van der Waals surface area contributed by atoms with Gasteiger partial charge in [0.25, 0.3) is 17.1 Å². The SMILES string of the molecule is COc1cc(/C=C2/SC(=O)N(CC(=O)Nc3ccc(Cl)cc3)C2=O)ccc1OCC(=O)Nc1ccc(Br)c(Cl)c1. The molecule has 0 radical (unpaired) electrons. The van der Waals surface area contributed by atoms with Crippen LogP contribution in [0.15, 0.2) is 70.0 Å². The van der Waals surface area contributed by atoms with E-state index in [1.54, 1.807) is 60.7 Å². The van der Waals surface area contributed by atoms with Gasteiger partial charge in [-0.15, -0.1) is 0 Å². The van der Waals surface area contributed by atoms with Gasteiger partial charge in [0, 0.05) is 20.9 Å². The zero-order valence-electron chi connectivity index (χ0n) is 20.7. The minimum absolute atomic E-state index is 0.146. The topological polar surface area (TPSA) is 114 Å². The molecule has 1 heterocycles. The predicted molar refractivity (Wildman–Crippen MR) is 159 cm³/mol. The van der Waals surface area contributed by atoms with Gasteiger partial charge in [-0.05, 0) is 93.9 Å². The number of thioether (sulfide) groups is 1. The molecule has 0 aromatic heterocycles. The van der Waals surface area contributed by atoms with Crippen LogP contribution in [0, 0.1) is 0 Å². The second kappa shape index (κ2) is 13.2. The summed E-state index contributed by atoms with van der Waals surface area (Å²) in [6.45, 7) is -0.727. The molecule has 1 saturated heterocycles. The fraction of sp³-hybridized carbons (Fsp3) is 0.111. The van der Waals surface area contributed by atoms with Crippen LogP contribution in [0.5, 0.6) is 11.5 Å². The quantitative estimate of drug-likeness (QED) is 0.253. The highest BCUT2D eigenvalue weighted by Crippen LogP contribution is 2.34. The number of amides is 4. The number of anilines is 2. The second-order valence-electron chi connectivity index (χ2n) is 8.20. The molecule has 0 aliphatic carbocycles. The number of benzene rings is 3. The summed E-state index contributed by atoms with van der Waals surface area (Å²) in [4.78, 5) is 51.0. The minimum Gasteiger partial charge on any atom is -0.493 e. The maximum Gasteiger partial charge on any atom is 0.294 e. The Morgan fingerprint density at radius 2 is 1.65 bits per heavy atom. The third-order valence-electron chi connectivity index (χ3n) is 5.35. The zero-order valence-corrected chi connectivity index (χ0v) is 24.6. The van der Waals surface area contributed by atoms with Crippen LogP contribution in [-0.4, -0.2) is 48.1 Å². The van der Waals surface area contributed by atoms with Gasteiger partial charge in [-0.1, -0.05) is 29.3 Å². The highest BCUT2D eigenvalue weighted by molar-refractivity contribution is 9.10. The Morgan fingerprint density at radius 3 is 2.35 bits per heavy atom. The summed E-state index contributed by atoms with van der Waals surface area (Å²) in [6, 6.07) is 16.3. The highest BCUT2D eigenvalue weighted by Gasteiger charge is 2.36. The predicted octanol–water partition coefficient (Wildman–Crippen LogP) is 6.46. The van der Waals surface area contributed by atoms with Crippen LogP contribution in [-0.2, 0) is 14.4 Å². The molecule has 1 fully saturated rings. The van der Waals surface area contributed by atoms with E-state index in [1.165, 1.54) is 13.2 Å². The summed E-state index contributed by atoms with van der Waals surface area (Å²) in [5, 5.41) is 5.71. The number of hydrogen-bond acceptors (Lipinski definition) is 7. The molecule has 3 aromatic carbocycles. The highest BCUT2D eigenvalue weighted by atomic mass is 79.9. The zero-order chi connectivity index (χ0) is 28.8. The summed E-state index contributed by atoms with van der Waals surface area (Å²) in [6.07, 6.45) is 1.51. The molecule has 13 heteroatoms. The number of imide groups is 1. The molecule has 0 spiro atoms. The van der Waals surface area contributed by atoms with Crippen molar-refractivity contribution in [3.63, 3.8) is 0 Å². The first kappa shape index (κ1) is 29.5. The first-order valence-electron chi connectivity index (χ1n) is 11.5. The molecule has 0 saturated carbocycles. The summed E-state index contributed by atoms with van der Waals surface area (Å²) in [5.41, 5.74) is 1.55. The van der Waals surface area contributed by atoms with Gasteiger partial charge in [-0.3, -0.25) is 24.1 Å². The Balaban J connectivity index is 1.37. The van der Waals surface area contributed by atoms with Crippen molar-refractivity contribution in [1.29, 1.82) is 0 Å². The van der Waals surface area contributed by atoms with Crippen molar-refractivity contribution < 1.29 is 28.7 Å². The number of nitrogens with one attached hydrogen (secondary N) is 2. The standard InChI is InChI=1S/C27H20BrCl2N3O6S/c1-38-22-10-15(2-9-21(22)39-14-25(35)32-18-7-8-19(28)20(30)12-18)11-23-26(36)33(27(37)40-23)13-24(34)31-17-5-3-16(29)4-6-17/h2-12H,13-14H2,1H3,(H,31,34)(H,32,35)/b23-11+. The van der Waals surface area contributed by atoms with Gasteiger partial charge in [-0.25, -0.2) is 0 Å². The molecule has 40 heavy (non-hydrogen) atoms. The number of halogens is 3. The van der Waals surface area contributed by atoms with Crippen molar-refractivity contribution >= 4 is 91.3 Å². The third-order valence-corrected chi connectivity index (χ3v) is 7.74. The van der Waals surface area contributed by atoms with Crippen LogP contribution in [0.2, 0.25) is 10.0 Å². The smallest absolute Gasteiger partial charge is 0.294 e. The van der Waals surface area contributed by atoms with E-state index < -0.39 is 29.5 Å². The maximum atomic E-state index is 12.8. The molecule has 9 nitrogen and oxygen atoms in total. The molecule has 1 aliphatic heterocycles. The van der Waals surface area contributed by atoms with Crippen LogP contribution >= 0.6 is 50.9 Å². The molecule has 1 aliphatic rings. The number of methoxy groups -OCH3 is 1. The third kappa shape index (κ3) is 7.57. The van der Waals surface area contributed by atoms with Crippen LogP contribution < -0.4 is 20.1 Å². The van der Waals surface area contributed by atoms with Gasteiger partial charge in [-0.2, -0.15) is 0 Å². The van der Waals surface area contributed by atoms with Crippen molar-refractivity contribution in [2.75, 3.05) is 30.9 Å². The number of carbonyl (C=O) groups is 4. The van der Waals surface area contributed by atoms with Crippen molar-refractivity contribution in [1.82, 2.24) is 4.90 Å². The monoisotopic (exact) mass is 663 g/mol. The van der Waals surface area contributed by atoms with Crippen molar-refractivity contribution in [2.45, 2.75) is 0 Å². The van der Waals surface area contributed by atoms with Crippen molar-refractivity contribution in [3.05, 3.63) is 85.7 Å². The van der Waals surface area contributed by atoms with Crippen molar-refractivity contribution in [2.24, 2.45) is 0 Å². The lowest BCUT2D eigenvalue weighted by Gasteiger charge is -2.13. The Bertz CT molecular complexity index is 1520. The lowest BCUT2D eigenvalue weighted by Crippen LogP contribution is -2.36. The molecule has 206 valence electrons. The summed E-state index contributed by atoms with van der Waals surface area (Å²) in [7, 11) is 1.43. The van der Waals surface area contributed by atoms with Gasteiger partial charge in [0.1, 0.15) is 6.54 Å². The first-order valence-corrected chi connectivity index (χ1v) is 13.9. The van der Waals surface area contributed by atoms with E-state index in [9.17, 15) is 19.2 Å². The molecule has 4 rings (SSSR count). The molecule has 4 amide bonds. The summed E-state index contributed by atoms with van der Waals surface area (Å²) in [5.74, 6) is -0.907. The molecular formula is C27H20BrCl2N3O6S. The van der Waals surface area contributed by atoms with Crippen LogP contribution in [0.3, 0.4) is 0 Å². The van der Waals surface area contributed by atoms with E-state index >= 15 is 0 Å². The van der Waals surface area contributed by atoms with Gasteiger partial charge in [0.2, 0.25) is 5.91 Å². The maximum absolute atomic E-state index is 12.8. The van der Waals surface area contributed by atoms with Gasteiger partial charge >= 0.3 is 0 Å². The van der Waals surface area contributed by atoms with E-state index in [2.05, 4.69) is 26.6 Å². The van der Waals surface area contributed by atoms with Crippen LogP contribution in [0.4, 0.5) is 16.2 Å². The van der Waals surface area contributed by atoms with E-state index in [0.29, 0.717) is 43.0 Å². The molecule has 2 N–H and O–H groups in total. The number of carbonyl (C=O) groups excluding carboxylic acids is 4. The molecule has 0 atom stereocenters. The number of rotatable bonds is 9. The molecular weight excluding hydrogens is 645 g/mol. The Kier molecular flexibility index (Phi) is 9.75. The average molecular weight is 665 g/mol. The molecule has 0 unspecified atom stereocenters. The molecule has 3 aromatic rings. The van der Waals surface area contributed by atoms with Gasteiger partial charge in [0.15, 0.2) is 18.1 Å². The van der Waals surface area contributed by atoms with Crippen LogP contribution in [0.25, 0.3) is 6.08 Å². The number of ether oxygens (including phenoxy) is 2.